The van der Waals surface area contributed by atoms with E-state index in [1.807, 2.05) is 54.7 Å². The molecule has 1 aliphatic rings. The van der Waals surface area contributed by atoms with E-state index < -0.39 is 0 Å². The second kappa shape index (κ2) is 9.44. The van der Waals surface area contributed by atoms with Crippen LogP contribution in [0.4, 0.5) is 11.4 Å². The molecule has 7 nitrogen and oxygen atoms in total. The van der Waals surface area contributed by atoms with Gasteiger partial charge < -0.3 is 20.1 Å². The topological polar surface area (TPSA) is 75.1 Å². The first-order valence-electron chi connectivity index (χ1n) is 11.0. The van der Waals surface area contributed by atoms with Crippen LogP contribution in [0.3, 0.4) is 0 Å². The van der Waals surface area contributed by atoms with Gasteiger partial charge in [-0.15, -0.1) is 0 Å². The van der Waals surface area contributed by atoms with Gasteiger partial charge in [-0.05, 0) is 72.4 Å². The number of pyridine rings is 2. The molecule has 1 aliphatic heterocycles. The lowest BCUT2D eigenvalue weighted by Crippen LogP contribution is -2.30. The first-order chi connectivity index (χ1) is 16.6. The molecule has 5 rings (SSSR count). The third-order valence-electron chi connectivity index (χ3n) is 5.81. The molecule has 0 radical (unpaired) electrons. The van der Waals surface area contributed by atoms with Gasteiger partial charge in [-0.25, -0.2) is 0 Å². The number of rotatable bonds is 6. The van der Waals surface area contributed by atoms with Crippen LogP contribution in [0.25, 0.3) is 0 Å². The maximum Gasteiger partial charge on any atom is 0.221 e. The average Bonchev–Trinajstić information content (AvgIpc) is 3.44. The predicted molar refractivity (Wildman–Crippen MR) is 136 cm³/mol. The van der Waals surface area contributed by atoms with Crippen LogP contribution in [-0.4, -0.2) is 25.6 Å². The highest BCUT2D eigenvalue weighted by atomic mass is 32.1. The maximum absolute atomic E-state index is 11.4. The molecule has 0 saturated carbocycles. The van der Waals surface area contributed by atoms with Gasteiger partial charge in [-0.2, -0.15) is 0 Å². The molecular formula is C26H24N6OS. The normalized spacial score (nSPS) is 17.4. The molecule has 1 saturated heterocycles. The molecule has 2 N–H and O–H groups in total. The third kappa shape index (κ3) is 4.40. The van der Waals surface area contributed by atoms with Crippen LogP contribution < -0.4 is 15.5 Å². The van der Waals surface area contributed by atoms with Gasteiger partial charge in [0.1, 0.15) is 6.04 Å². The highest BCUT2D eigenvalue weighted by Crippen LogP contribution is 2.41. The SMILES string of the molecule is CC(=O)Nc1ccc(N2C(=S)N[C@@H](c3ccccn3)[C@H]2c2cccn2Cc2cccnc2)cc1. The van der Waals surface area contributed by atoms with E-state index in [-0.39, 0.29) is 18.0 Å². The van der Waals surface area contributed by atoms with Crippen LogP contribution in [0.15, 0.2) is 91.5 Å². The Morgan fingerprint density at radius 1 is 1.06 bits per heavy atom. The maximum atomic E-state index is 11.4. The lowest BCUT2D eigenvalue weighted by Gasteiger charge is -2.29. The first-order valence-corrected chi connectivity index (χ1v) is 11.4. The fourth-order valence-corrected chi connectivity index (χ4v) is 4.72. The Kier molecular flexibility index (Phi) is 6.05. The second-order valence-corrected chi connectivity index (χ2v) is 8.53. The number of benzene rings is 1. The molecule has 4 aromatic rings. The predicted octanol–water partition coefficient (Wildman–Crippen LogP) is 4.46. The molecule has 3 aromatic heterocycles. The van der Waals surface area contributed by atoms with E-state index in [1.54, 1.807) is 12.4 Å². The fraction of sp³-hybridized carbons (Fsp3) is 0.154. The van der Waals surface area contributed by atoms with Gasteiger partial charge in [0.05, 0.1) is 11.7 Å². The van der Waals surface area contributed by atoms with Gasteiger partial charge in [0.2, 0.25) is 5.91 Å². The van der Waals surface area contributed by atoms with Crippen LogP contribution in [0.5, 0.6) is 0 Å². The van der Waals surface area contributed by atoms with E-state index in [0.717, 1.165) is 28.3 Å². The van der Waals surface area contributed by atoms with Gasteiger partial charge in [0.15, 0.2) is 5.11 Å². The van der Waals surface area contributed by atoms with Crippen molar-refractivity contribution in [2.75, 3.05) is 10.2 Å². The number of hydrogen-bond acceptors (Lipinski definition) is 4. The number of carbonyl (C=O) groups excluding carboxylic acids is 1. The van der Waals surface area contributed by atoms with Crippen molar-refractivity contribution in [3.8, 4) is 0 Å². The highest BCUT2D eigenvalue weighted by Gasteiger charge is 2.42. The van der Waals surface area contributed by atoms with Crippen molar-refractivity contribution in [1.82, 2.24) is 19.9 Å². The standard InChI is InChI=1S/C26H24N6OS/c1-18(33)29-20-9-11-21(12-10-20)32-25(24(30-26(32)34)22-7-2-3-14-28-22)23-8-5-15-31(23)17-19-6-4-13-27-16-19/h2-16,24-25H,17H2,1H3,(H,29,33)(H,30,34)/t24-,25+/m0/s1. The number of aromatic nitrogens is 3. The summed E-state index contributed by atoms with van der Waals surface area (Å²) in [5, 5.41) is 6.94. The average molecular weight is 469 g/mol. The Labute approximate surface area is 203 Å². The molecule has 1 aromatic carbocycles. The van der Waals surface area contributed by atoms with Crippen molar-refractivity contribution in [3.05, 3.63) is 108 Å². The summed E-state index contributed by atoms with van der Waals surface area (Å²) in [6, 6.07) is 21.6. The molecule has 170 valence electrons. The van der Waals surface area contributed by atoms with Crippen LogP contribution in [0.2, 0.25) is 0 Å². The van der Waals surface area contributed by atoms with Gasteiger partial charge in [-0.3, -0.25) is 14.8 Å². The minimum Gasteiger partial charge on any atom is -0.351 e. The van der Waals surface area contributed by atoms with Crippen molar-refractivity contribution in [2.45, 2.75) is 25.6 Å². The minimum atomic E-state index is -0.133. The summed E-state index contributed by atoms with van der Waals surface area (Å²) in [5.41, 5.74) is 4.82. The summed E-state index contributed by atoms with van der Waals surface area (Å²) in [5.74, 6) is -0.104. The summed E-state index contributed by atoms with van der Waals surface area (Å²) >= 11 is 5.82. The van der Waals surface area contributed by atoms with Gasteiger partial charge >= 0.3 is 0 Å². The summed E-state index contributed by atoms with van der Waals surface area (Å²) in [6.07, 6.45) is 7.55. The van der Waals surface area contributed by atoms with Crippen molar-refractivity contribution < 1.29 is 4.79 Å². The van der Waals surface area contributed by atoms with Crippen LogP contribution in [0, 0.1) is 0 Å². The van der Waals surface area contributed by atoms with E-state index in [4.69, 9.17) is 12.2 Å². The Bertz CT molecular complexity index is 1290. The number of nitrogens with one attached hydrogen (secondary N) is 2. The Hall–Kier alpha value is -4.04. The second-order valence-electron chi connectivity index (χ2n) is 8.15. The lowest BCUT2D eigenvalue weighted by atomic mass is 10.0. The summed E-state index contributed by atoms with van der Waals surface area (Å²) in [7, 11) is 0. The largest absolute Gasteiger partial charge is 0.351 e. The number of anilines is 2. The minimum absolute atomic E-state index is 0.104. The zero-order chi connectivity index (χ0) is 23.5. The number of carbonyl (C=O) groups is 1. The Balaban J connectivity index is 1.56. The highest BCUT2D eigenvalue weighted by molar-refractivity contribution is 7.80. The number of nitrogens with zero attached hydrogens (tertiary/aromatic N) is 4. The molecule has 1 amide bonds. The first kappa shape index (κ1) is 21.8. The van der Waals surface area contributed by atoms with Crippen molar-refractivity contribution >= 4 is 34.6 Å². The van der Waals surface area contributed by atoms with E-state index in [1.165, 1.54) is 6.92 Å². The monoisotopic (exact) mass is 468 g/mol. The van der Waals surface area contributed by atoms with E-state index in [2.05, 4.69) is 54.5 Å². The number of amides is 1. The quantitative estimate of drug-likeness (QED) is 0.407. The Morgan fingerprint density at radius 3 is 2.62 bits per heavy atom. The molecule has 2 atom stereocenters. The molecule has 34 heavy (non-hydrogen) atoms. The van der Waals surface area contributed by atoms with E-state index in [0.29, 0.717) is 11.7 Å². The molecule has 8 heteroatoms. The summed E-state index contributed by atoms with van der Waals surface area (Å²) < 4.78 is 2.23. The fourth-order valence-electron chi connectivity index (χ4n) is 4.37. The summed E-state index contributed by atoms with van der Waals surface area (Å²) in [6.45, 7) is 2.20. The molecular weight excluding hydrogens is 444 g/mol. The molecule has 1 fully saturated rings. The van der Waals surface area contributed by atoms with Crippen molar-refractivity contribution in [2.24, 2.45) is 0 Å². The zero-order valence-corrected chi connectivity index (χ0v) is 19.4. The molecule has 0 aliphatic carbocycles. The Morgan fingerprint density at radius 2 is 1.91 bits per heavy atom. The van der Waals surface area contributed by atoms with Gasteiger partial charge in [0, 0.05) is 55.3 Å². The third-order valence-corrected chi connectivity index (χ3v) is 6.12. The molecule has 0 spiro atoms. The smallest absolute Gasteiger partial charge is 0.221 e. The van der Waals surface area contributed by atoms with Crippen LogP contribution >= 0.6 is 12.2 Å². The molecule has 0 unspecified atom stereocenters. The lowest BCUT2D eigenvalue weighted by molar-refractivity contribution is -0.114. The van der Waals surface area contributed by atoms with Crippen LogP contribution in [-0.2, 0) is 11.3 Å². The summed E-state index contributed by atoms with van der Waals surface area (Å²) in [4.78, 5) is 22.5. The zero-order valence-electron chi connectivity index (χ0n) is 18.6. The number of thiocarbonyl (C=S) groups is 1. The van der Waals surface area contributed by atoms with E-state index in [9.17, 15) is 4.79 Å². The van der Waals surface area contributed by atoms with Crippen molar-refractivity contribution in [3.63, 3.8) is 0 Å². The van der Waals surface area contributed by atoms with Crippen LogP contribution in [0.1, 0.15) is 36.0 Å². The molecule has 4 heterocycles. The van der Waals surface area contributed by atoms with Gasteiger partial charge in [-0.1, -0.05) is 12.1 Å². The molecule has 0 bridgehead atoms. The van der Waals surface area contributed by atoms with E-state index >= 15 is 0 Å². The van der Waals surface area contributed by atoms with Crippen molar-refractivity contribution in [1.29, 1.82) is 0 Å². The number of hydrogen-bond donors (Lipinski definition) is 2. The van der Waals surface area contributed by atoms with Gasteiger partial charge in [0.25, 0.3) is 0 Å².